The number of hydrogen-bond acceptors (Lipinski definition) is 6. The molecule has 32 heavy (non-hydrogen) atoms. The molecule has 0 aliphatic carbocycles. The zero-order valence-corrected chi connectivity index (χ0v) is 17.5. The number of nitrogens with zero attached hydrogens (tertiary/aromatic N) is 3. The minimum Gasteiger partial charge on any atom is -0.497 e. The van der Waals surface area contributed by atoms with E-state index in [4.69, 9.17) is 4.74 Å². The van der Waals surface area contributed by atoms with Gasteiger partial charge >= 0.3 is 6.18 Å². The summed E-state index contributed by atoms with van der Waals surface area (Å²) in [5.74, 6) is -0.776. The van der Waals surface area contributed by atoms with E-state index < -0.39 is 24.5 Å². The lowest BCUT2D eigenvalue weighted by molar-refractivity contribution is -0.123. The Labute approximate surface area is 185 Å². The van der Waals surface area contributed by atoms with Gasteiger partial charge < -0.3 is 15.4 Å². The standard InChI is InChI=1S/C20H18F3N5O3S/c1-31-14-8-6-13(7-9-14)28-12-25-27-19(28)32-10-17(29)26-16-5-3-2-4-15(16)18(30)24-11-20(21,22)23/h2-9,12H,10-11H2,1H3,(H,24,30)(H,26,29). The minimum absolute atomic E-state index is 0.0622. The van der Waals surface area contributed by atoms with Gasteiger partial charge in [-0.2, -0.15) is 13.2 Å². The molecule has 2 amide bonds. The molecule has 3 aromatic rings. The van der Waals surface area contributed by atoms with Crippen LogP contribution in [0.15, 0.2) is 60.0 Å². The van der Waals surface area contributed by atoms with Crippen molar-refractivity contribution in [3.8, 4) is 11.4 Å². The third-order valence-corrected chi connectivity index (χ3v) is 5.04. The van der Waals surface area contributed by atoms with Crippen molar-refractivity contribution in [3.63, 3.8) is 0 Å². The predicted molar refractivity (Wildman–Crippen MR) is 112 cm³/mol. The number of carbonyl (C=O) groups excluding carboxylic acids is 2. The average Bonchev–Trinajstić information content (AvgIpc) is 3.24. The summed E-state index contributed by atoms with van der Waals surface area (Å²) in [6.45, 7) is -1.47. The molecule has 0 fully saturated rings. The number of amides is 2. The van der Waals surface area contributed by atoms with Crippen LogP contribution in [-0.2, 0) is 4.79 Å². The molecule has 168 valence electrons. The molecule has 2 N–H and O–H groups in total. The second-order valence-electron chi connectivity index (χ2n) is 6.36. The van der Waals surface area contributed by atoms with E-state index in [9.17, 15) is 22.8 Å². The highest BCUT2D eigenvalue weighted by atomic mass is 32.2. The number of para-hydroxylation sites is 1. The lowest BCUT2D eigenvalue weighted by Crippen LogP contribution is -2.34. The quantitative estimate of drug-likeness (QED) is 0.496. The summed E-state index contributed by atoms with van der Waals surface area (Å²) in [5.41, 5.74) is 0.802. The van der Waals surface area contributed by atoms with E-state index in [-0.39, 0.29) is 17.0 Å². The number of aromatic nitrogens is 3. The first kappa shape index (κ1) is 23.1. The van der Waals surface area contributed by atoms with E-state index in [1.165, 1.54) is 24.5 Å². The van der Waals surface area contributed by atoms with Crippen molar-refractivity contribution in [1.29, 1.82) is 0 Å². The third-order valence-electron chi connectivity index (χ3n) is 4.09. The van der Waals surface area contributed by atoms with Gasteiger partial charge in [0.15, 0.2) is 5.16 Å². The molecule has 0 aliphatic rings. The third kappa shape index (κ3) is 6.23. The SMILES string of the molecule is COc1ccc(-n2cnnc2SCC(=O)Nc2ccccc2C(=O)NCC(F)(F)F)cc1. The molecule has 12 heteroatoms. The molecule has 3 rings (SSSR count). The number of ether oxygens (including phenoxy) is 1. The zero-order chi connectivity index (χ0) is 23.1. The van der Waals surface area contributed by atoms with E-state index in [1.54, 1.807) is 35.2 Å². The van der Waals surface area contributed by atoms with Crippen molar-refractivity contribution >= 4 is 29.3 Å². The molecule has 0 atom stereocenters. The molecular weight excluding hydrogens is 447 g/mol. The minimum atomic E-state index is -4.54. The largest absolute Gasteiger partial charge is 0.497 e. The summed E-state index contributed by atoms with van der Waals surface area (Å²) in [6.07, 6.45) is -3.04. The normalized spacial score (nSPS) is 11.1. The average molecular weight is 465 g/mol. The zero-order valence-electron chi connectivity index (χ0n) is 16.7. The van der Waals surface area contributed by atoms with Crippen molar-refractivity contribution in [2.45, 2.75) is 11.3 Å². The number of thioether (sulfide) groups is 1. The fourth-order valence-corrected chi connectivity index (χ4v) is 3.35. The van der Waals surface area contributed by atoms with Gasteiger partial charge in [0, 0.05) is 5.69 Å². The first-order chi connectivity index (χ1) is 15.3. The number of carbonyl (C=O) groups is 2. The van der Waals surface area contributed by atoms with Crippen LogP contribution in [0.4, 0.5) is 18.9 Å². The molecular formula is C20H18F3N5O3S. The van der Waals surface area contributed by atoms with E-state index >= 15 is 0 Å². The predicted octanol–water partition coefficient (Wildman–Crippen LogP) is 3.30. The Kier molecular flexibility index (Phi) is 7.36. The lowest BCUT2D eigenvalue weighted by atomic mass is 10.1. The van der Waals surface area contributed by atoms with Crippen LogP contribution in [-0.4, -0.2) is 52.2 Å². The second kappa shape index (κ2) is 10.2. The summed E-state index contributed by atoms with van der Waals surface area (Å²) in [4.78, 5) is 24.5. The van der Waals surface area contributed by atoms with Crippen LogP contribution in [0.2, 0.25) is 0 Å². The van der Waals surface area contributed by atoms with E-state index in [2.05, 4.69) is 15.5 Å². The van der Waals surface area contributed by atoms with Gasteiger partial charge in [0.05, 0.1) is 24.1 Å². The number of hydrogen-bond donors (Lipinski definition) is 2. The Morgan fingerprint density at radius 3 is 2.53 bits per heavy atom. The van der Waals surface area contributed by atoms with Gasteiger partial charge in [-0.25, -0.2) is 0 Å². The first-order valence-electron chi connectivity index (χ1n) is 9.18. The molecule has 8 nitrogen and oxygen atoms in total. The number of nitrogens with one attached hydrogen (secondary N) is 2. The highest BCUT2D eigenvalue weighted by Gasteiger charge is 2.28. The molecule has 0 bridgehead atoms. The van der Waals surface area contributed by atoms with Gasteiger partial charge in [-0.15, -0.1) is 10.2 Å². The smallest absolute Gasteiger partial charge is 0.405 e. The number of methoxy groups -OCH3 is 1. The molecule has 0 spiro atoms. The Morgan fingerprint density at radius 1 is 1.12 bits per heavy atom. The monoisotopic (exact) mass is 465 g/mol. The molecule has 0 saturated carbocycles. The summed E-state index contributed by atoms with van der Waals surface area (Å²) < 4.78 is 43.9. The summed E-state index contributed by atoms with van der Waals surface area (Å²) in [7, 11) is 1.56. The van der Waals surface area contributed by atoms with Gasteiger partial charge in [-0.3, -0.25) is 14.2 Å². The van der Waals surface area contributed by atoms with Crippen LogP contribution in [0.5, 0.6) is 5.75 Å². The number of rotatable bonds is 8. The first-order valence-corrected chi connectivity index (χ1v) is 10.2. The van der Waals surface area contributed by atoms with Crippen LogP contribution in [0.25, 0.3) is 5.69 Å². The van der Waals surface area contributed by atoms with E-state index in [0.717, 1.165) is 17.4 Å². The molecule has 1 aromatic heterocycles. The topological polar surface area (TPSA) is 98.1 Å². The molecule has 1 heterocycles. The van der Waals surface area contributed by atoms with E-state index in [0.29, 0.717) is 10.9 Å². The maximum absolute atomic E-state index is 12.4. The highest BCUT2D eigenvalue weighted by Crippen LogP contribution is 2.22. The second-order valence-corrected chi connectivity index (χ2v) is 7.30. The van der Waals surface area contributed by atoms with Gasteiger partial charge in [-0.1, -0.05) is 23.9 Å². The Hall–Kier alpha value is -3.54. The maximum atomic E-state index is 12.4. The van der Waals surface area contributed by atoms with Gasteiger partial charge in [0.25, 0.3) is 5.91 Å². The highest BCUT2D eigenvalue weighted by molar-refractivity contribution is 7.99. The van der Waals surface area contributed by atoms with Crippen LogP contribution in [0.3, 0.4) is 0 Å². The van der Waals surface area contributed by atoms with Crippen LogP contribution < -0.4 is 15.4 Å². The number of benzene rings is 2. The van der Waals surface area contributed by atoms with Crippen LogP contribution in [0.1, 0.15) is 10.4 Å². The van der Waals surface area contributed by atoms with Crippen molar-refractivity contribution in [1.82, 2.24) is 20.1 Å². The maximum Gasteiger partial charge on any atom is 0.405 e. The fourth-order valence-electron chi connectivity index (χ4n) is 2.62. The van der Waals surface area contributed by atoms with Crippen LogP contribution >= 0.6 is 11.8 Å². The lowest BCUT2D eigenvalue weighted by Gasteiger charge is -2.12. The molecule has 0 unspecified atom stereocenters. The van der Waals surface area contributed by atoms with Crippen molar-refractivity contribution in [3.05, 3.63) is 60.4 Å². The molecule has 2 aromatic carbocycles. The number of anilines is 1. The van der Waals surface area contributed by atoms with Gasteiger partial charge in [0.1, 0.15) is 18.6 Å². The molecule has 0 radical (unpaired) electrons. The summed E-state index contributed by atoms with van der Waals surface area (Å²) in [5, 5.41) is 12.7. The summed E-state index contributed by atoms with van der Waals surface area (Å²) in [6, 6.07) is 13.0. The van der Waals surface area contributed by atoms with E-state index in [1.807, 2.05) is 12.1 Å². The van der Waals surface area contributed by atoms with Gasteiger partial charge in [-0.05, 0) is 36.4 Å². The van der Waals surface area contributed by atoms with Crippen molar-refractivity contribution in [2.75, 3.05) is 24.7 Å². The summed E-state index contributed by atoms with van der Waals surface area (Å²) >= 11 is 1.11. The van der Waals surface area contributed by atoms with Gasteiger partial charge in [0.2, 0.25) is 5.91 Å². The van der Waals surface area contributed by atoms with Crippen molar-refractivity contribution in [2.24, 2.45) is 0 Å². The number of alkyl halides is 3. The molecule has 0 saturated heterocycles. The van der Waals surface area contributed by atoms with Crippen LogP contribution in [0, 0.1) is 0 Å². The molecule has 0 aliphatic heterocycles. The Bertz CT molecular complexity index is 1090. The Balaban J connectivity index is 1.63. The fraction of sp³-hybridized carbons (Fsp3) is 0.200. The van der Waals surface area contributed by atoms with Crippen molar-refractivity contribution < 1.29 is 27.5 Å². The Morgan fingerprint density at radius 2 is 1.84 bits per heavy atom. The number of halogens is 3.